The number of esters is 1. The molecule has 0 heterocycles. The zero-order valence-corrected chi connectivity index (χ0v) is 19.5. The SMILES string of the molecule is C[C@H](OC(=O)c1ccccc1)C(=O)[C@H](C)[C@@H](O)[C@H](C)CO[Si](C)(C)C(C)(C)C. The maximum atomic E-state index is 12.6. The molecule has 0 spiro atoms. The number of hydrogen-bond donors (Lipinski definition) is 1. The minimum Gasteiger partial charge on any atom is -0.451 e. The lowest BCUT2D eigenvalue weighted by Gasteiger charge is -2.37. The van der Waals surface area contributed by atoms with Gasteiger partial charge in [0.05, 0.1) is 11.7 Å². The molecule has 5 nitrogen and oxygen atoms in total. The van der Waals surface area contributed by atoms with Crippen LogP contribution in [0.1, 0.15) is 51.9 Å². The van der Waals surface area contributed by atoms with Crippen molar-refractivity contribution in [2.75, 3.05) is 6.61 Å². The maximum Gasteiger partial charge on any atom is 0.338 e. The molecule has 1 aromatic carbocycles. The lowest BCUT2D eigenvalue weighted by Crippen LogP contribution is -2.44. The van der Waals surface area contributed by atoms with Crippen LogP contribution >= 0.6 is 0 Å². The molecule has 158 valence electrons. The molecule has 4 atom stereocenters. The molecule has 0 aromatic heterocycles. The zero-order valence-electron chi connectivity index (χ0n) is 18.5. The second-order valence-corrected chi connectivity index (χ2v) is 14.0. The number of hydrogen-bond acceptors (Lipinski definition) is 5. The van der Waals surface area contributed by atoms with Crippen LogP contribution in [0, 0.1) is 11.8 Å². The van der Waals surface area contributed by atoms with E-state index >= 15 is 0 Å². The van der Waals surface area contributed by atoms with Gasteiger partial charge in [-0.25, -0.2) is 4.79 Å². The fraction of sp³-hybridized carbons (Fsp3) is 0.636. The number of ketones is 1. The van der Waals surface area contributed by atoms with Gasteiger partial charge in [0.25, 0.3) is 0 Å². The van der Waals surface area contributed by atoms with Crippen LogP contribution < -0.4 is 0 Å². The molecule has 0 aliphatic rings. The van der Waals surface area contributed by atoms with Crippen molar-refractivity contribution < 1.29 is 23.9 Å². The van der Waals surface area contributed by atoms with Crippen molar-refractivity contribution in [2.45, 2.75) is 71.9 Å². The first-order valence-corrected chi connectivity index (χ1v) is 12.8. The molecule has 0 fully saturated rings. The number of rotatable bonds is 9. The number of benzene rings is 1. The van der Waals surface area contributed by atoms with E-state index in [1.54, 1.807) is 44.2 Å². The Bertz CT molecular complexity index is 651. The first-order chi connectivity index (χ1) is 12.8. The summed E-state index contributed by atoms with van der Waals surface area (Å²) in [6, 6.07) is 8.55. The third-order valence-electron chi connectivity index (χ3n) is 5.75. The van der Waals surface area contributed by atoms with E-state index in [2.05, 4.69) is 33.9 Å². The highest BCUT2D eigenvalue weighted by Gasteiger charge is 2.38. The third-order valence-corrected chi connectivity index (χ3v) is 10.3. The number of carbonyl (C=O) groups is 2. The summed E-state index contributed by atoms with van der Waals surface area (Å²) in [4.78, 5) is 24.8. The minimum atomic E-state index is -1.92. The molecule has 0 saturated heterocycles. The van der Waals surface area contributed by atoms with Crippen LogP contribution in [0.4, 0.5) is 0 Å². The smallest absolute Gasteiger partial charge is 0.338 e. The second kappa shape index (κ2) is 9.81. The predicted molar refractivity (Wildman–Crippen MR) is 114 cm³/mol. The number of Topliss-reactive ketones (excluding diaryl/α,β-unsaturated/α-hetero) is 1. The van der Waals surface area contributed by atoms with E-state index in [1.165, 1.54) is 0 Å². The van der Waals surface area contributed by atoms with E-state index in [1.807, 2.05) is 6.92 Å². The summed E-state index contributed by atoms with van der Waals surface area (Å²) in [5, 5.41) is 10.7. The Kier molecular flexibility index (Phi) is 8.59. The molecule has 1 rings (SSSR count). The van der Waals surface area contributed by atoms with Gasteiger partial charge in [0.1, 0.15) is 0 Å². The maximum absolute atomic E-state index is 12.6. The van der Waals surface area contributed by atoms with Crippen molar-refractivity contribution >= 4 is 20.1 Å². The van der Waals surface area contributed by atoms with E-state index in [9.17, 15) is 14.7 Å². The summed E-state index contributed by atoms with van der Waals surface area (Å²) < 4.78 is 11.5. The molecule has 0 radical (unpaired) electrons. The highest BCUT2D eigenvalue weighted by Crippen LogP contribution is 2.37. The topological polar surface area (TPSA) is 72.8 Å². The zero-order chi connectivity index (χ0) is 21.7. The van der Waals surface area contributed by atoms with Crippen LogP contribution in [0.25, 0.3) is 0 Å². The summed E-state index contributed by atoms with van der Waals surface area (Å²) in [5.74, 6) is -1.70. The van der Waals surface area contributed by atoms with Gasteiger partial charge in [0.15, 0.2) is 20.2 Å². The number of carbonyl (C=O) groups excluding carboxylic acids is 2. The van der Waals surface area contributed by atoms with Gasteiger partial charge in [-0.05, 0) is 37.2 Å². The molecule has 0 saturated carbocycles. The van der Waals surface area contributed by atoms with Gasteiger partial charge in [0.2, 0.25) is 0 Å². The Morgan fingerprint density at radius 3 is 2.11 bits per heavy atom. The lowest BCUT2D eigenvalue weighted by molar-refractivity contribution is -0.135. The fourth-order valence-corrected chi connectivity index (χ4v) is 3.66. The molecular formula is C22H36O5Si. The van der Waals surface area contributed by atoms with Crippen LogP contribution in [0.2, 0.25) is 18.1 Å². The second-order valence-electron chi connectivity index (χ2n) is 9.14. The first-order valence-electron chi connectivity index (χ1n) is 9.89. The molecule has 28 heavy (non-hydrogen) atoms. The van der Waals surface area contributed by atoms with E-state index in [0.29, 0.717) is 12.2 Å². The van der Waals surface area contributed by atoms with Crippen LogP contribution in [-0.2, 0) is 14.0 Å². The lowest BCUT2D eigenvalue weighted by atomic mass is 9.89. The van der Waals surface area contributed by atoms with Crippen molar-refractivity contribution in [1.29, 1.82) is 0 Å². The summed E-state index contributed by atoms with van der Waals surface area (Å²) in [5.41, 5.74) is 0.395. The average Bonchev–Trinajstić information content (AvgIpc) is 2.63. The van der Waals surface area contributed by atoms with Gasteiger partial charge >= 0.3 is 5.97 Å². The van der Waals surface area contributed by atoms with E-state index in [4.69, 9.17) is 9.16 Å². The standard InChI is InChI=1S/C22H36O5Si/c1-15(14-26-28(7,8)22(4,5)6)19(23)16(2)20(24)17(3)27-21(25)18-12-10-9-11-13-18/h9-13,15-17,19,23H,14H2,1-8H3/t15-,16-,17+,19+/m1/s1. The Morgan fingerprint density at radius 1 is 1.07 bits per heavy atom. The van der Waals surface area contributed by atoms with Gasteiger partial charge in [-0.3, -0.25) is 4.79 Å². The number of ether oxygens (including phenoxy) is 1. The van der Waals surface area contributed by atoms with E-state index < -0.39 is 32.4 Å². The van der Waals surface area contributed by atoms with Crippen molar-refractivity contribution in [3.63, 3.8) is 0 Å². The highest BCUT2D eigenvalue weighted by molar-refractivity contribution is 6.74. The fourth-order valence-electron chi connectivity index (χ4n) is 2.55. The van der Waals surface area contributed by atoms with E-state index in [-0.39, 0.29) is 16.7 Å². The minimum absolute atomic E-state index is 0.0826. The monoisotopic (exact) mass is 408 g/mol. The van der Waals surface area contributed by atoms with Crippen LogP contribution in [-0.4, -0.2) is 44.0 Å². The molecule has 1 N–H and O–H groups in total. The summed E-state index contributed by atoms with van der Waals surface area (Å²) in [6.45, 7) is 16.3. The van der Waals surface area contributed by atoms with Gasteiger partial charge < -0.3 is 14.3 Å². The molecule has 6 heteroatoms. The van der Waals surface area contributed by atoms with Gasteiger partial charge in [-0.1, -0.05) is 52.8 Å². The van der Waals surface area contributed by atoms with Crippen LogP contribution in [0.5, 0.6) is 0 Å². The third kappa shape index (κ3) is 6.53. The Morgan fingerprint density at radius 2 is 1.61 bits per heavy atom. The molecule has 0 amide bonds. The molecule has 0 aliphatic carbocycles. The van der Waals surface area contributed by atoms with Crippen molar-refractivity contribution in [3.05, 3.63) is 35.9 Å². The number of aliphatic hydroxyl groups is 1. The van der Waals surface area contributed by atoms with Crippen LogP contribution in [0.3, 0.4) is 0 Å². The normalized spacial score (nSPS) is 16.8. The summed E-state index contributed by atoms with van der Waals surface area (Å²) in [7, 11) is -1.92. The Balaban J connectivity index is 2.64. The Labute approximate surface area is 170 Å². The molecular weight excluding hydrogens is 372 g/mol. The predicted octanol–water partition coefficient (Wildman–Crippen LogP) is 4.46. The Hall–Kier alpha value is -1.50. The van der Waals surface area contributed by atoms with Crippen molar-refractivity contribution in [3.8, 4) is 0 Å². The largest absolute Gasteiger partial charge is 0.451 e. The van der Waals surface area contributed by atoms with Crippen molar-refractivity contribution in [2.24, 2.45) is 11.8 Å². The summed E-state index contributed by atoms with van der Waals surface area (Å²) >= 11 is 0. The van der Waals surface area contributed by atoms with Gasteiger partial charge in [0, 0.05) is 18.4 Å². The summed E-state index contributed by atoms with van der Waals surface area (Å²) in [6.07, 6.45) is -1.79. The van der Waals surface area contributed by atoms with E-state index in [0.717, 1.165) is 0 Å². The molecule has 0 bridgehead atoms. The van der Waals surface area contributed by atoms with Gasteiger partial charge in [-0.2, -0.15) is 0 Å². The molecule has 0 aliphatic heterocycles. The average molecular weight is 409 g/mol. The quantitative estimate of drug-likeness (QED) is 0.482. The van der Waals surface area contributed by atoms with Crippen molar-refractivity contribution in [1.82, 2.24) is 0 Å². The highest BCUT2D eigenvalue weighted by atomic mass is 28.4. The molecule has 1 aromatic rings. The first kappa shape index (κ1) is 24.5. The van der Waals surface area contributed by atoms with Crippen LogP contribution in [0.15, 0.2) is 30.3 Å². The number of aliphatic hydroxyl groups excluding tert-OH is 1. The molecule has 0 unspecified atom stereocenters. The van der Waals surface area contributed by atoms with Gasteiger partial charge in [-0.15, -0.1) is 0 Å².